The van der Waals surface area contributed by atoms with Crippen molar-refractivity contribution in [3.63, 3.8) is 0 Å². The molecule has 5 nitrogen and oxygen atoms in total. The van der Waals surface area contributed by atoms with E-state index >= 15 is 0 Å². The molecule has 0 bridgehead atoms. The molecule has 3 rings (SSSR count). The SMILES string of the molecule is COC(=O)c1ccc(OC)c(CN(C(=S)Nc2ccccc2)C2CCCCC2)c1. The Morgan fingerprint density at radius 3 is 2.48 bits per heavy atom. The first-order valence-electron chi connectivity index (χ1n) is 10.00. The smallest absolute Gasteiger partial charge is 0.337 e. The van der Waals surface area contributed by atoms with Crippen molar-refractivity contribution in [3.8, 4) is 5.75 Å². The molecule has 0 aliphatic heterocycles. The van der Waals surface area contributed by atoms with E-state index in [9.17, 15) is 4.79 Å². The molecule has 1 saturated carbocycles. The minimum atomic E-state index is -0.358. The van der Waals surface area contributed by atoms with Gasteiger partial charge in [-0.05, 0) is 55.4 Å². The second-order valence-electron chi connectivity index (χ2n) is 7.23. The summed E-state index contributed by atoms with van der Waals surface area (Å²) in [5, 5.41) is 4.06. The average molecular weight is 413 g/mol. The summed E-state index contributed by atoms with van der Waals surface area (Å²) in [4.78, 5) is 14.2. The predicted octanol–water partition coefficient (Wildman–Crippen LogP) is 5.01. The average Bonchev–Trinajstić information content (AvgIpc) is 2.78. The van der Waals surface area contributed by atoms with E-state index in [-0.39, 0.29) is 5.97 Å². The molecule has 0 unspecified atom stereocenters. The van der Waals surface area contributed by atoms with E-state index in [4.69, 9.17) is 21.7 Å². The van der Waals surface area contributed by atoms with Crippen LogP contribution in [-0.2, 0) is 11.3 Å². The largest absolute Gasteiger partial charge is 0.496 e. The van der Waals surface area contributed by atoms with Crippen molar-refractivity contribution in [2.75, 3.05) is 19.5 Å². The van der Waals surface area contributed by atoms with Crippen molar-refractivity contribution in [1.82, 2.24) is 4.90 Å². The van der Waals surface area contributed by atoms with E-state index in [0.717, 1.165) is 29.8 Å². The summed E-state index contributed by atoms with van der Waals surface area (Å²) >= 11 is 5.81. The van der Waals surface area contributed by atoms with Crippen LogP contribution in [0.25, 0.3) is 0 Å². The molecule has 0 spiro atoms. The summed E-state index contributed by atoms with van der Waals surface area (Å²) in [7, 11) is 3.03. The first-order chi connectivity index (χ1) is 14.1. The fourth-order valence-electron chi connectivity index (χ4n) is 3.81. The van der Waals surface area contributed by atoms with Gasteiger partial charge in [-0.1, -0.05) is 37.5 Å². The third-order valence-corrected chi connectivity index (χ3v) is 5.68. The number of methoxy groups -OCH3 is 2. The minimum Gasteiger partial charge on any atom is -0.496 e. The zero-order valence-corrected chi connectivity index (χ0v) is 17.8. The maximum Gasteiger partial charge on any atom is 0.337 e. The molecule has 0 radical (unpaired) electrons. The topological polar surface area (TPSA) is 50.8 Å². The van der Waals surface area contributed by atoms with Gasteiger partial charge >= 0.3 is 5.97 Å². The van der Waals surface area contributed by atoms with Gasteiger partial charge in [-0.25, -0.2) is 4.79 Å². The molecule has 29 heavy (non-hydrogen) atoms. The number of carbonyl (C=O) groups is 1. The Labute approximate surface area is 178 Å². The molecule has 0 heterocycles. The second kappa shape index (κ2) is 10.3. The number of nitrogens with one attached hydrogen (secondary N) is 1. The molecule has 6 heteroatoms. The zero-order valence-electron chi connectivity index (χ0n) is 17.0. The van der Waals surface area contributed by atoms with E-state index in [1.165, 1.54) is 26.4 Å². The molecule has 1 N–H and O–H groups in total. The number of thiocarbonyl (C=S) groups is 1. The van der Waals surface area contributed by atoms with Crippen LogP contribution in [0.1, 0.15) is 48.0 Å². The number of ether oxygens (including phenoxy) is 2. The molecular weight excluding hydrogens is 384 g/mol. The number of para-hydroxylation sites is 1. The van der Waals surface area contributed by atoms with Crippen LogP contribution in [0.15, 0.2) is 48.5 Å². The van der Waals surface area contributed by atoms with Crippen LogP contribution in [0.2, 0.25) is 0 Å². The van der Waals surface area contributed by atoms with Crippen molar-refractivity contribution in [2.45, 2.75) is 44.7 Å². The summed E-state index contributed by atoms with van der Waals surface area (Å²) in [5.41, 5.74) is 2.39. The standard InChI is InChI=1S/C23H28N2O3S/c1-27-21-14-13-17(22(26)28-2)15-18(21)16-25(20-11-7-4-8-12-20)23(29)24-19-9-5-3-6-10-19/h3,5-6,9-10,13-15,20H,4,7-8,11-12,16H2,1-2H3,(H,24,29). The van der Waals surface area contributed by atoms with E-state index in [0.29, 0.717) is 23.3 Å². The van der Waals surface area contributed by atoms with Gasteiger partial charge in [0.2, 0.25) is 0 Å². The summed E-state index contributed by atoms with van der Waals surface area (Å²) in [6.07, 6.45) is 5.89. The summed E-state index contributed by atoms with van der Waals surface area (Å²) in [5.74, 6) is 0.379. The van der Waals surface area contributed by atoms with E-state index in [1.807, 2.05) is 42.5 Å². The lowest BCUT2D eigenvalue weighted by atomic mass is 9.94. The van der Waals surface area contributed by atoms with Crippen LogP contribution in [0.5, 0.6) is 5.75 Å². The molecule has 2 aromatic carbocycles. The molecule has 0 aromatic heterocycles. The number of anilines is 1. The number of carbonyl (C=O) groups excluding carboxylic acids is 1. The molecule has 0 saturated heterocycles. The van der Waals surface area contributed by atoms with Crippen LogP contribution in [0.4, 0.5) is 5.69 Å². The Morgan fingerprint density at radius 2 is 1.83 bits per heavy atom. The number of esters is 1. The third-order valence-electron chi connectivity index (χ3n) is 5.34. The van der Waals surface area contributed by atoms with Crippen LogP contribution in [0.3, 0.4) is 0 Å². The second-order valence-corrected chi connectivity index (χ2v) is 7.62. The molecule has 154 valence electrons. The van der Waals surface area contributed by atoms with Crippen molar-refractivity contribution >= 4 is 29.0 Å². The molecular formula is C23H28N2O3S. The van der Waals surface area contributed by atoms with Gasteiger partial charge in [-0.3, -0.25) is 0 Å². The Hall–Kier alpha value is -2.60. The maximum atomic E-state index is 12.0. The van der Waals surface area contributed by atoms with Crippen molar-refractivity contribution < 1.29 is 14.3 Å². The van der Waals surface area contributed by atoms with Gasteiger partial charge < -0.3 is 19.7 Å². The fourth-order valence-corrected chi connectivity index (χ4v) is 4.14. The van der Waals surface area contributed by atoms with Gasteiger partial charge in [0.15, 0.2) is 5.11 Å². The Bertz CT molecular complexity index is 835. The number of rotatable bonds is 6. The Kier molecular flexibility index (Phi) is 7.47. The normalized spacial score (nSPS) is 14.1. The zero-order chi connectivity index (χ0) is 20.6. The fraction of sp³-hybridized carbons (Fsp3) is 0.391. The minimum absolute atomic E-state index is 0.358. The number of hydrogen-bond donors (Lipinski definition) is 1. The van der Waals surface area contributed by atoms with Crippen LogP contribution < -0.4 is 10.1 Å². The highest BCUT2D eigenvalue weighted by molar-refractivity contribution is 7.80. The third kappa shape index (κ3) is 5.48. The van der Waals surface area contributed by atoms with Gasteiger partial charge in [0, 0.05) is 23.8 Å². The number of hydrogen-bond acceptors (Lipinski definition) is 4. The van der Waals surface area contributed by atoms with Gasteiger partial charge in [-0.2, -0.15) is 0 Å². The van der Waals surface area contributed by atoms with Crippen LogP contribution >= 0.6 is 12.2 Å². The lowest BCUT2D eigenvalue weighted by Gasteiger charge is -2.36. The quantitative estimate of drug-likeness (QED) is 0.531. The Balaban J connectivity index is 1.88. The van der Waals surface area contributed by atoms with Gasteiger partial charge in [0.05, 0.1) is 19.8 Å². The van der Waals surface area contributed by atoms with Gasteiger partial charge in [0.1, 0.15) is 5.75 Å². The summed E-state index contributed by atoms with van der Waals surface area (Å²) < 4.78 is 10.4. The first kappa shape index (κ1) is 21.1. The van der Waals surface area contributed by atoms with Crippen molar-refractivity contribution in [2.24, 2.45) is 0 Å². The monoisotopic (exact) mass is 412 g/mol. The highest BCUT2D eigenvalue weighted by Gasteiger charge is 2.25. The van der Waals surface area contributed by atoms with E-state index in [1.54, 1.807) is 13.2 Å². The van der Waals surface area contributed by atoms with Gasteiger partial charge in [0.25, 0.3) is 0 Å². The lowest BCUT2D eigenvalue weighted by Crippen LogP contribution is -2.43. The molecule has 1 aliphatic rings. The summed E-state index contributed by atoms with van der Waals surface area (Å²) in [6.45, 7) is 0.567. The molecule has 2 aromatic rings. The molecule has 1 fully saturated rings. The number of nitrogens with zero attached hydrogens (tertiary/aromatic N) is 1. The molecule has 1 aliphatic carbocycles. The Morgan fingerprint density at radius 1 is 1.10 bits per heavy atom. The first-order valence-corrected chi connectivity index (χ1v) is 10.4. The molecule has 0 atom stereocenters. The predicted molar refractivity (Wildman–Crippen MR) is 119 cm³/mol. The van der Waals surface area contributed by atoms with Crippen molar-refractivity contribution in [1.29, 1.82) is 0 Å². The lowest BCUT2D eigenvalue weighted by molar-refractivity contribution is 0.0600. The highest BCUT2D eigenvalue weighted by atomic mass is 32.1. The van der Waals surface area contributed by atoms with E-state index < -0.39 is 0 Å². The number of benzene rings is 2. The van der Waals surface area contributed by atoms with Crippen LogP contribution in [-0.4, -0.2) is 36.2 Å². The van der Waals surface area contributed by atoms with Crippen molar-refractivity contribution in [3.05, 3.63) is 59.7 Å². The van der Waals surface area contributed by atoms with E-state index in [2.05, 4.69) is 10.2 Å². The highest BCUT2D eigenvalue weighted by Crippen LogP contribution is 2.28. The van der Waals surface area contributed by atoms with Gasteiger partial charge in [-0.15, -0.1) is 0 Å². The maximum absolute atomic E-state index is 12.0. The van der Waals surface area contributed by atoms with Crippen LogP contribution in [0, 0.1) is 0 Å². The molecule has 0 amide bonds. The summed E-state index contributed by atoms with van der Waals surface area (Å²) in [6, 6.07) is 15.7.